The Hall–Kier alpha value is 0.610. The van der Waals surface area contributed by atoms with E-state index in [0.29, 0.717) is 6.42 Å². The molecule has 16 heavy (non-hydrogen) atoms. The van der Waals surface area contributed by atoms with Crippen LogP contribution in [0.5, 0.6) is 0 Å². The van der Waals surface area contributed by atoms with E-state index in [0.717, 1.165) is 19.3 Å². The topological polar surface area (TPSA) is 63.6 Å². The molecule has 0 aliphatic rings. The summed E-state index contributed by atoms with van der Waals surface area (Å²) in [4.78, 5) is 0. The molecule has 0 aromatic heterocycles. The standard InChI is InChI=1S/C10H20O4S.Na.H/c1-3-4-5-6-7-8-14-15(12,13)9-10(2)11;;/h3,10-11H,1,4-9H2,2H3;;. The molecule has 0 fully saturated rings. The van der Waals surface area contributed by atoms with Crippen LogP contribution in [0.3, 0.4) is 0 Å². The van der Waals surface area contributed by atoms with Crippen LogP contribution in [0.2, 0.25) is 0 Å². The SMILES string of the molecule is C=CCCCCCOS(=O)(=O)CC(C)O.[NaH]. The monoisotopic (exact) mass is 260 g/mol. The molecule has 0 bridgehead atoms. The molecule has 4 nitrogen and oxygen atoms in total. The van der Waals surface area contributed by atoms with Crippen LogP contribution in [-0.4, -0.2) is 61.5 Å². The van der Waals surface area contributed by atoms with Crippen molar-refractivity contribution in [3.05, 3.63) is 12.7 Å². The number of rotatable bonds is 9. The third-order valence-corrected chi connectivity index (χ3v) is 3.18. The van der Waals surface area contributed by atoms with Gasteiger partial charge in [0.15, 0.2) is 0 Å². The number of allylic oxidation sites excluding steroid dienone is 1. The van der Waals surface area contributed by atoms with Crippen molar-refractivity contribution in [2.45, 2.75) is 38.7 Å². The van der Waals surface area contributed by atoms with E-state index < -0.39 is 16.2 Å². The third-order valence-electron chi connectivity index (χ3n) is 1.76. The first kappa shape index (κ1) is 19.0. The van der Waals surface area contributed by atoms with Gasteiger partial charge in [0.25, 0.3) is 10.1 Å². The Balaban J connectivity index is 0. The van der Waals surface area contributed by atoms with E-state index in [4.69, 9.17) is 9.29 Å². The fraction of sp³-hybridized carbons (Fsp3) is 0.800. The number of hydrogen-bond donors (Lipinski definition) is 1. The summed E-state index contributed by atoms with van der Waals surface area (Å²) >= 11 is 0. The second kappa shape index (κ2) is 10.7. The number of aliphatic hydroxyl groups excluding tert-OH is 1. The quantitative estimate of drug-likeness (QED) is 0.288. The van der Waals surface area contributed by atoms with Crippen LogP contribution in [0.25, 0.3) is 0 Å². The van der Waals surface area contributed by atoms with Crippen LogP contribution in [0, 0.1) is 0 Å². The summed E-state index contributed by atoms with van der Waals surface area (Å²) in [6.07, 6.45) is 4.55. The molecule has 0 rings (SSSR count). The van der Waals surface area contributed by atoms with Gasteiger partial charge >= 0.3 is 29.6 Å². The second-order valence-corrected chi connectivity index (χ2v) is 5.22. The molecular formula is C10H21NaO4S. The zero-order valence-electron chi connectivity index (χ0n) is 9.18. The normalized spacial score (nSPS) is 12.9. The maximum atomic E-state index is 11.1. The minimum absolute atomic E-state index is 0. The summed E-state index contributed by atoms with van der Waals surface area (Å²) in [5, 5.41) is 8.89. The van der Waals surface area contributed by atoms with Gasteiger partial charge < -0.3 is 5.11 Å². The first-order chi connectivity index (χ1) is 6.98. The van der Waals surface area contributed by atoms with Crippen LogP contribution in [-0.2, 0) is 14.3 Å². The van der Waals surface area contributed by atoms with Gasteiger partial charge in [0.2, 0.25) is 0 Å². The summed E-state index contributed by atoms with van der Waals surface area (Å²) in [6.45, 7) is 5.22. The van der Waals surface area contributed by atoms with Crippen molar-refractivity contribution < 1.29 is 17.7 Å². The van der Waals surface area contributed by atoms with E-state index in [-0.39, 0.29) is 41.9 Å². The second-order valence-electron chi connectivity index (χ2n) is 3.53. The Bertz CT molecular complexity index is 262. The number of unbranched alkanes of at least 4 members (excludes halogenated alkanes) is 3. The third kappa shape index (κ3) is 12.7. The molecular weight excluding hydrogens is 239 g/mol. The van der Waals surface area contributed by atoms with Crippen molar-refractivity contribution >= 4 is 39.7 Å². The number of aliphatic hydroxyl groups is 1. The van der Waals surface area contributed by atoms with Gasteiger partial charge in [-0.1, -0.05) is 12.5 Å². The summed E-state index contributed by atoms with van der Waals surface area (Å²) in [5.74, 6) is -0.334. The predicted molar refractivity (Wildman–Crippen MR) is 67.2 cm³/mol. The van der Waals surface area contributed by atoms with Gasteiger partial charge in [-0.15, -0.1) is 6.58 Å². The molecule has 1 atom stereocenters. The molecule has 0 heterocycles. The molecule has 0 saturated heterocycles. The van der Waals surface area contributed by atoms with E-state index in [9.17, 15) is 8.42 Å². The van der Waals surface area contributed by atoms with Crippen molar-refractivity contribution in [3.63, 3.8) is 0 Å². The Morgan fingerprint density at radius 1 is 1.38 bits per heavy atom. The molecule has 0 amide bonds. The molecule has 0 spiro atoms. The zero-order chi connectivity index (χ0) is 11.7. The van der Waals surface area contributed by atoms with E-state index in [1.165, 1.54) is 6.92 Å². The molecule has 92 valence electrons. The molecule has 0 aliphatic carbocycles. The van der Waals surface area contributed by atoms with Crippen LogP contribution < -0.4 is 0 Å². The molecule has 1 N–H and O–H groups in total. The summed E-state index contributed by atoms with van der Waals surface area (Å²) in [5.41, 5.74) is 0. The average molecular weight is 260 g/mol. The Labute approximate surface area is 120 Å². The van der Waals surface area contributed by atoms with E-state index >= 15 is 0 Å². The van der Waals surface area contributed by atoms with Crippen molar-refractivity contribution in [2.75, 3.05) is 12.4 Å². The number of hydrogen-bond acceptors (Lipinski definition) is 4. The van der Waals surface area contributed by atoms with E-state index in [2.05, 4.69) is 6.58 Å². The van der Waals surface area contributed by atoms with Crippen molar-refractivity contribution in [3.8, 4) is 0 Å². The van der Waals surface area contributed by atoms with Gasteiger partial charge in [-0.2, -0.15) is 8.42 Å². The van der Waals surface area contributed by atoms with Crippen molar-refractivity contribution in [1.29, 1.82) is 0 Å². The molecule has 0 radical (unpaired) electrons. The van der Waals surface area contributed by atoms with Gasteiger partial charge in [-0.3, -0.25) is 4.18 Å². The van der Waals surface area contributed by atoms with Crippen LogP contribution >= 0.6 is 0 Å². The Morgan fingerprint density at radius 3 is 2.50 bits per heavy atom. The molecule has 0 aromatic rings. The van der Waals surface area contributed by atoms with Gasteiger partial charge in [-0.25, -0.2) is 0 Å². The molecule has 6 heteroatoms. The summed E-state index contributed by atoms with van der Waals surface area (Å²) < 4.78 is 27.0. The summed E-state index contributed by atoms with van der Waals surface area (Å²) in [7, 11) is -3.54. The first-order valence-electron chi connectivity index (χ1n) is 5.14. The molecule has 1 unspecified atom stereocenters. The van der Waals surface area contributed by atoms with Crippen LogP contribution in [0.15, 0.2) is 12.7 Å². The van der Waals surface area contributed by atoms with E-state index in [1.807, 2.05) is 6.08 Å². The van der Waals surface area contributed by atoms with Crippen LogP contribution in [0.1, 0.15) is 32.6 Å². The minimum atomic E-state index is -3.54. The van der Waals surface area contributed by atoms with Gasteiger partial charge in [0, 0.05) is 0 Å². The average Bonchev–Trinajstić information content (AvgIpc) is 2.08. The van der Waals surface area contributed by atoms with Crippen molar-refractivity contribution in [1.82, 2.24) is 0 Å². The van der Waals surface area contributed by atoms with Crippen LogP contribution in [0.4, 0.5) is 0 Å². The zero-order valence-corrected chi connectivity index (χ0v) is 10.0. The first-order valence-corrected chi connectivity index (χ1v) is 6.71. The fourth-order valence-corrected chi connectivity index (χ4v) is 2.16. The molecule has 0 aromatic carbocycles. The Morgan fingerprint density at radius 2 is 2.00 bits per heavy atom. The molecule has 0 aliphatic heterocycles. The van der Waals surface area contributed by atoms with Gasteiger partial charge in [0.1, 0.15) is 5.75 Å². The maximum absolute atomic E-state index is 11.1. The van der Waals surface area contributed by atoms with E-state index in [1.54, 1.807) is 0 Å². The van der Waals surface area contributed by atoms with Gasteiger partial charge in [0.05, 0.1) is 12.7 Å². The Kier molecular flexibility index (Phi) is 12.7. The van der Waals surface area contributed by atoms with Gasteiger partial charge in [-0.05, 0) is 26.2 Å². The van der Waals surface area contributed by atoms with Crippen molar-refractivity contribution in [2.24, 2.45) is 0 Å². The fourth-order valence-electron chi connectivity index (χ4n) is 1.10. The summed E-state index contributed by atoms with van der Waals surface area (Å²) in [6, 6.07) is 0. The predicted octanol–water partition coefficient (Wildman–Crippen LogP) is 0.811. The molecule has 0 saturated carbocycles.